The van der Waals surface area contributed by atoms with Gasteiger partial charge >= 0.3 is 0 Å². The second-order valence-corrected chi connectivity index (χ2v) is 6.41. The predicted octanol–water partition coefficient (Wildman–Crippen LogP) is 3.01. The van der Waals surface area contributed by atoms with Crippen LogP contribution in [-0.4, -0.2) is 17.8 Å². The molecular formula is C15H18BrNO. The van der Waals surface area contributed by atoms with E-state index in [4.69, 9.17) is 0 Å². The number of hydrogen-bond donors (Lipinski definition) is 1. The molecule has 1 atom stereocenters. The quantitative estimate of drug-likeness (QED) is 0.833. The summed E-state index contributed by atoms with van der Waals surface area (Å²) in [7, 11) is 0. The van der Waals surface area contributed by atoms with E-state index in [9.17, 15) is 4.79 Å². The molecule has 1 amide bonds. The van der Waals surface area contributed by atoms with Gasteiger partial charge in [0, 0.05) is 11.9 Å². The van der Waals surface area contributed by atoms with Gasteiger partial charge in [0.25, 0.3) is 0 Å². The molecule has 1 N–H and O–H groups in total. The van der Waals surface area contributed by atoms with Crippen LogP contribution in [0.3, 0.4) is 0 Å². The van der Waals surface area contributed by atoms with Gasteiger partial charge in [0.05, 0.1) is 5.92 Å². The van der Waals surface area contributed by atoms with Crippen molar-refractivity contribution in [2.45, 2.75) is 31.6 Å². The number of alkyl halides is 1. The molecule has 2 nitrogen and oxygen atoms in total. The number of nitrogens with one attached hydrogen (secondary N) is 1. The molecule has 2 aliphatic carbocycles. The molecule has 1 aromatic carbocycles. The van der Waals surface area contributed by atoms with E-state index < -0.39 is 0 Å². The van der Waals surface area contributed by atoms with Gasteiger partial charge in [-0.2, -0.15) is 0 Å². The molecule has 96 valence electrons. The Kier molecular flexibility index (Phi) is 3.18. The largest absolute Gasteiger partial charge is 0.355 e. The lowest BCUT2D eigenvalue weighted by molar-refractivity contribution is -0.123. The van der Waals surface area contributed by atoms with Gasteiger partial charge in [0.2, 0.25) is 5.91 Å². The number of carbonyl (C=O) groups excluding carboxylic acids is 1. The Morgan fingerprint density at radius 2 is 2.17 bits per heavy atom. The molecule has 3 rings (SSSR count). The highest BCUT2D eigenvalue weighted by Gasteiger charge is 2.42. The smallest absolute Gasteiger partial charge is 0.227 e. The number of carbonyl (C=O) groups is 1. The van der Waals surface area contributed by atoms with Crippen LogP contribution in [0.15, 0.2) is 24.3 Å². The maximum Gasteiger partial charge on any atom is 0.227 e. The zero-order chi connectivity index (χ0) is 12.6. The molecule has 1 unspecified atom stereocenters. The van der Waals surface area contributed by atoms with Crippen molar-refractivity contribution in [2.75, 3.05) is 11.9 Å². The van der Waals surface area contributed by atoms with Crippen molar-refractivity contribution in [3.63, 3.8) is 0 Å². The molecule has 0 aromatic heterocycles. The van der Waals surface area contributed by atoms with Gasteiger partial charge in [-0.25, -0.2) is 0 Å². The first-order chi connectivity index (χ1) is 8.74. The molecule has 2 aliphatic rings. The van der Waals surface area contributed by atoms with Crippen LogP contribution in [-0.2, 0) is 11.2 Å². The molecule has 1 saturated carbocycles. The van der Waals surface area contributed by atoms with Crippen LogP contribution in [0.25, 0.3) is 0 Å². The van der Waals surface area contributed by atoms with E-state index in [1.54, 1.807) is 0 Å². The van der Waals surface area contributed by atoms with E-state index in [2.05, 4.69) is 33.4 Å². The fourth-order valence-corrected chi connectivity index (χ4v) is 3.62. The minimum Gasteiger partial charge on any atom is -0.355 e. The van der Waals surface area contributed by atoms with Crippen molar-refractivity contribution in [1.82, 2.24) is 5.32 Å². The molecule has 1 fully saturated rings. The monoisotopic (exact) mass is 307 g/mol. The molecular weight excluding hydrogens is 290 g/mol. The Hall–Kier alpha value is -0.830. The number of amides is 1. The average molecular weight is 308 g/mol. The highest BCUT2D eigenvalue weighted by atomic mass is 79.9. The van der Waals surface area contributed by atoms with Crippen LogP contribution >= 0.6 is 15.9 Å². The summed E-state index contributed by atoms with van der Waals surface area (Å²) in [4.78, 5) is 12.1. The lowest BCUT2D eigenvalue weighted by Gasteiger charge is -2.29. The Morgan fingerprint density at radius 3 is 2.83 bits per heavy atom. The van der Waals surface area contributed by atoms with Gasteiger partial charge in [-0.05, 0) is 42.2 Å². The molecule has 0 saturated heterocycles. The number of fused-ring (bicyclic) bond motifs is 1. The van der Waals surface area contributed by atoms with Crippen molar-refractivity contribution in [3.8, 4) is 0 Å². The van der Waals surface area contributed by atoms with Crippen LogP contribution < -0.4 is 5.32 Å². The summed E-state index contributed by atoms with van der Waals surface area (Å²) in [6.45, 7) is 0.857. The fraction of sp³-hybridized carbons (Fsp3) is 0.533. The van der Waals surface area contributed by atoms with Crippen molar-refractivity contribution in [1.29, 1.82) is 0 Å². The summed E-state index contributed by atoms with van der Waals surface area (Å²) in [5, 5.41) is 4.19. The van der Waals surface area contributed by atoms with Crippen molar-refractivity contribution >= 4 is 21.8 Å². The Morgan fingerprint density at radius 1 is 1.39 bits per heavy atom. The lowest BCUT2D eigenvalue weighted by atomic mass is 9.77. The second-order valence-electron chi connectivity index (χ2n) is 5.61. The van der Waals surface area contributed by atoms with Crippen LogP contribution in [0.4, 0.5) is 0 Å². The molecule has 1 aromatic rings. The zero-order valence-electron chi connectivity index (χ0n) is 10.4. The third-order valence-electron chi connectivity index (χ3n) is 4.39. The molecule has 18 heavy (non-hydrogen) atoms. The molecule has 0 spiro atoms. The minimum atomic E-state index is 0.0981. The van der Waals surface area contributed by atoms with E-state index in [0.717, 1.165) is 18.3 Å². The average Bonchev–Trinajstić information content (AvgIpc) is 3.09. The minimum absolute atomic E-state index is 0.0981. The molecule has 0 radical (unpaired) electrons. The van der Waals surface area contributed by atoms with Crippen LogP contribution in [0.1, 0.15) is 36.3 Å². The first-order valence-corrected chi connectivity index (χ1v) is 7.78. The lowest BCUT2D eigenvalue weighted by Crippen LogP contribution is -2.38. The zero-order valence-corrected chi connectivity index (χ0v) is 12.0. The number of hydrogen-bond acceptors (Lipinski definition) is 1. The maximum absolute atomic E-state index is 12.1. The standard InChI is InChI=1S/C15H18BrNO/c16-8-7-15(5-6-15)10-17-14(18)13-9-11-3-1-2-4-12(11)13/h1-4,13H,5-10H2,(H,17,18). The summed E-state index contributed by atoms with van der Waals surface area (Å²) in [6, 6.07) is 8.26. The van der Waals surface area contributed by atoms with E-state index in [-0.39, 0.29) is 11.8 Å². The summed E-state index contributed by atoms with van der Waals surface area (Å²) < 4.78 is 0. The predicted molar refractivity (Wildman–Crippen MR) is 76.0 cm³/mol. The maximum atomic E-state index is 12.1. The molecule has 0 heterocycles. The van der Waals surface area contributed by atoms with Gasteiger partial charge in [0.1, 0.15) is 0 Å². The van der Waals surface area contributed by atoms with Crippen LogP contribution in [0, 0.1) is 5.41 Å². The SMILES string of the molecule is O=C(NCC1(CCBr)CC1)C1Cc2ccccc21. The van der Waals surface area contributed by atoms with Crippen LogP contribution in [0.5, 0.6) is 0 Å². The summed E-state index contributed by atoms with van der Waals surface area (Å²) in [5.74, 6) is 0.315. The third-order valence-corrected chi connectivity index (χ3v) is 4.79. The molecule has 0 bridgehead atoms. The van der Waals surface area contributed by atoms with E-state index in [1.807, 2.05) is 12.1 Å². The van der Waals surface area contributed by atoms with E-state index in [1.165, 1.54) is 30.4 Å². The Labute approximate surface area is 116 Å². The van der Waals surface area contributed by atoms with Crippen molar-refractivity contribution < 1.29 is 4.79 Å². The first kappa shape index (κ1) is 12.2. The number of benzene rings is 1. The van der Waals surface area contributed by atoms with Gasteiger partial charge in [-0.15, -0.1) is 0 Å². The van der Waals surface area contributed by atoms with Gasteiger partial charge in [-0.3, -0.25) is 4.79 Å². The van der Waals surface area contributed by atoms with Gasteiger partial charge in [-0.1, -0.05) is 40.2 Å². The molecule has 3 heteroatoms. The number of halogens is 1. The Bertz CT molecular complexity index is 467. The second kappa shape index (κ2) is 4.69. The van der Waals surface area contributed by atoms with Crippen LogP contribution in [0.2, 0.25) is 0 Å². The summed E-state index contributed by atoms with van der Waals surface area (Å²) in [5.41, 5.74) is 2.96. The Balaban J connectivity index is 1.55. The van der Waals surface area contributed by atoms with Gasteiger partial charge in [0.15, 0.2) is 0 Å². The van der Waals surface area contributed by atoms with Crippen molar-refractivity contribution in [2.24, 2.45) is 5.41 Å². The third kappa shape index (κ3) is 2.20. The van der Waals surface area contributed by atoms with E-state index in [0.29, 0.717) is 5.41 Å². The van der Waals surface area contributed by atoms with E-state index >= 15 is 0 Å². The number of rotatable bonds is 5. The topological polar surface area (TPSA) is 29.1 Å². The van der Waals surface area contributed by atoms with Gasteiger partial charge < -0.3 is 5.32 Å². The first-order valence-electron chi connectivity index (χ1n) is 6.66. The highest BCUT2D eigenvalue weighted by Crippen LogP contribution is 2.48. The van der Waals surface area contributed by atoms with Crippen molar-refractivity contribution in [3.05, 3.63) is 35.4 Å². The summed E-state index contributed by atoms with van der Waals surface area (Å²) >= 11 is 3.49. The molecule has 0 aliphatic heterocycles. The highest BCUT2D eigenvalue weighted by molar-refractivity contribution is 9.09. The normalized spacial score (nSPS) is 22.8. The summed E-state index contributed by atoms with van der Waals surface area (Å²) in [6.07, 6.45) is 4.61. The fourth-order valence-electron chi connectivity index (χ4n) is 2.78.